The molecule has 0 aliphatic carbocycles. The minimum Gasteiger partial charge on any atom is -0.380 e. The van der Waals surface area contributed by atoms with E-state index in [1.807, 2.05) is 19.2 Å². The maximum absolute atomic E-state index is 11.3. The minimum absolute atomic E-state index is 0.0923. The van der Waals surface area contributed by atoms with E-state index in [9.17, 15) is 10.1 Å². The second kappa shape index (κ2) is 7.03. The van der Waals surface area contributed by atoms with Crippen LogP contribution in [0, 0.1) is 17.0 Å². The van der Waals surface area contributed by atoms with Crippen molar-refractivity contribution in [3.05, 3.63) is 44.4 Å². The summed E-state index contributed by atoms with van der Waals surface area (Å²) >= 11 is 1.61. The summed E-state index contributed by atoms with van der Waals surface area (Å²) in [6.45, 7) is 5.12. The minimum atomic E-state index is -0.353. The molecule has 2 N–H and O–H groups in total. The summed E-state index contributed by atoms with van der Waals surface area (Å²) in [6.07, 6.45) is 0.751. The number of nitro groups is 1. The summed E-state index contributed by atoms with van der Waals surface area (Å²) in [7, 11) is 0. The maximum Gasteiger partial charge on any atom is 0.315 e. The van der Waals surface area contributed by atoms with Crippen LogP contribution in [0.25, 0.3) is 0 Å². The molecule has 1 aromatic carbocycles. The van der Waals surface area contributed by atoms with E-state index in [0.29, 0.717) is 24.5 Å². The van der Waals surface area contributed by atoms with Gasteiger partial charge in [-0.25, -0.2) is 4.98 Å². The molecule has 2 rings (SSSR count). The molecule has 0 saturated heterocycles. The van der Waals surface area contributed by atoms with Gasteiger partial charge in [0.25, 0.3) is 0 Å². The zero-order chi connectivity index (χ0) is 15.2. The van der Waals surface area contributed by atoms with Gasteiger partial charge in [-0.3, -0.25) is 10.1 Å². The molecule has 0 unspecified atom stereocenters. The van der Waals surface area contributed by atoms with E-state index in [-0.39, 0.29) is 10.6 Å². The second-order valence-corrected chi connectivity index (χ2v) is 5.49. The molecule has 0 saturated carbocycles. The van der Waals surface area contributed by atoms with Crippen molar-refractivity contribution in [1.29, 1.82) is 0 Å². The molecule has 0 spiro atoms. The van der Waals surface area contributed by atoms with Gasteiger partial charge in [-0.05, 0) is 26.0 Å². The van der Waals surface area contributed by atoms with Gasteiger partial charge in [0, 0.05) is 30.6 Å². The highest BCUT2D eigenvalue weighted by atomic mass is 32.1. The van der Waals surface area contributed by atoms with Crippen LogP contribution in [0.5, 0.6) is 0 Å². The number of rotatable bonds is 7. The van der Waals surface area contributed by atoms with Gasteiger partial charge in [-0.1, -0.05) is 6.07 Å². The number of aromatic nitrogens is 1. The number of anilines is 2. The lowest BCUT2D eigenvalue weighted by atomic mass is 10.2. The van der Waals surface area contributed by atoms with Crippen LogP contribution in [-0.4, -0.2) is 23.0 Å². The van der Waals surface area contributed by atoms with Crippen molar-refractivity contribution >= 4 is 28.4 Å². The fourth-order valence-electron chi connectivity index (χ4n) is 2.04. The van der Waals surface area contributed by atoms with Crippen LogP contribution in [0.1, 0.15) is 17.6 Å². The molecule has 0 aliphatic rings. The Morgan fingerprint density at radius 1 is 1.33 bits per heavy atom. The Morgan fingerprint density at radius 2 is 2.05 bits per heavy atom. The summed E-state index contributed by atoms with van der Waals surface area (Å²) in [5.41, 5.74) is 2.18. The molecule has 0 fully saturated rings. The molecule has 2 aromatic rings. The molecule has 112 valence electrons. The van der Waals surface area contributed by atoms with Gasteiger partial charge >= 0.3 is 5.69 Å². The van der Waals surface area contributed by atoms with Crippen LogP contribution in [0.3, 0.4) is 0 Å². The van der Waals surface area contributed by atoms with Crippen LogP contribution in [-0.2, 0) is 6.42 Å². The highest BCUT2D eigenvalue weighted by molar-refractivity contribution is 7.09. The smallest absolute Gasteiger partial charge is 0.315 e. The Labute approximate surface area is 127 Å². The molecule has 0 amide bonds. The monoisotopic (exact) mass is 306 g/mol. The zero-order valence-corrected chi connectivity index (χ0v) is 12.9. The highest BCUT2D eigenvalue weighted by Gasteiger charge is 2.18. The van der Waals surface area contributed by atoms with Crippen molar-refractivity contribution in [3.63, 3.8) is 0 Å². The lowest BCUT2D eigenvalue weighted by Crippen LogP contribution is -2.09. The van der Waals surface area contributed by atoms with Crippen LogP contribution >= 0.6 is 11.3 Å². The number of aryl methyl sites for hydroxylation is 1. The molecule has 1 aromatic heterocycles. The number of nitro benzene ring substituents is 1. The lowest BCUT2D eigenvalue weighted by molar-refractivity contribution is -0.383. The predicted molar refractivity (Wildman–Crippen MR) is 86.3 cm³/mol. The Bertz CT molecular complexity index is 627. The number of thiazole rings is 1. The second-order valence-electron chi connectivity index (χ2n) is 4.55. The van der Waals surface area contributed by atoms with Gasteiger partial charge in [-0.2, -0.15) is 0 Å². The molecular weight excluding hydrogens is 288 g/mol. The van der Waals surface area contributed by atoms with Crippen molar-refractivity contribution in [3.8, 4) is 0 Å². The fourth-order valence-corrected chi connectivity index (χ4v) is 2.81. The van der Waals surface area contributed by atoms with Crippen molar-refractivity contribution in [2.24, 2.45) is 0 Å². The average molecular weight is 306 g/mol. The number of para-hydroxylation sites is 1. The third-order valence-corrected chi connectivity index (χ3v) is 3.93. The Morgan fingerprint density at radius 3 is 2.62 bits per heavy atom. The number of benzene rings is 1. The molecule has 21 heavy (non-hydrogen) atoms. The highest BCUT2D eigenvalue weighted by Crippen LogP contribution is 2.32. The first-order chi connectivity index (χ1) is 10.1. The molecule has 0 radical (unpaired) electrons. The largest absolute Gasteiger partial charge is 0.380 e. The van der Waals surface area contributed by atoms with Crippen LogP contribution in [0.15, 0.2) is 23.6 Å². The van der Waals surface area contributed by atoms with E-state index in [1.165, 1.54) is 0 Å². The third kappa shape index (κ3) is 3.91. The van der Waals surface area contributed by atoms with E-state index >= 15 is 0 Å². The number of nitrogens with zero attached hydrogens (tertiary/aromatic N) is 2. The third-order valence-electron chi connectivity index (χ3n) is 2.91. The standard InChI is InChI=1S/C14H18N4O2S/c1-3-15-11-5-4-6-12(14(11)18(19)20)16-8-7-13-17-10(2)9-21-13/h4-6,9,15-16H,3,7-8H2,1-2H3. The maximum atomic E-state index is 11.3. The van der Waals surface area contributed by atoms with Crippen LogP contribution in [0.4, 0.5) is 17.1 Å². The SMILES string of the molecule is CCNc1cccc(NCCc2nc(C)cs2)c1[N+](=O)[O-]. The van der Waals surface area contributed by atoms with Crippen LogP contribution in [0.2, 0.25) is 0 Å². The lowest BCUT2D eigenvalue weighted by Gasteiger charge is -2.10. The first-order valence-electron chi connectivity index (χ1n) is 6.78. The average Bonchev–Trinajstić information content (AvgIpc) is 2.85. The Hall–Kier alpha value is -2.15. The number of nitrogens with one attached hydrogen (secondary N) is 2. The van der Waals surface area contributed by atoms with Crippen LogP contribution < -0.4 is 10.6 Å². The van der Waals surface area contributed by atoms with Crippen molar-refractivity contribution in [2.75, 3.05) is 23.7 Å². The summed E-state index contributed by atoms with van der Waals surface area (Å²) in [6, 6.07) is 5.25. The van der Waals surface area contributed by atoms with Crippen molar-refractivity contribution < 1.29 is 4.92 Å². The Kier molecular flexibility index (Phi) is 5.10. The van der Waals surface area contributed by atoms with E-state index < -0.39 is 0 Å². The van der Waals surface area contributed by atoms with Crippen molar-refractivity contribution in [2.45, 2.75) is 20.3 Å². The topological polar surface area (TPSA) is 80.1 Å². The summed E-state index contributed by atoms with van der Waals surface area (Å²) in [5.74, 6) is 0. The number of hydrogen-bond donors (Lipinski definition) is 2. The summed E-state index contributed by atoms with van der Waals surface area (Å²) < 4.78 is 0. The first kappa shape index (κ1) is 15.2. The van der Waals surface area contributed by atoms with E-state index in [0.717, 1.165) is 17.1 Å². The van der Waals surface area contributed by atoms with Gasteiger partial charge in [0.1, 0.15) is 11.4 Å². The normalized spacial score (nSPS) is 10.4. The molecule has 0 aliphatic heterocycles. The Balaban J connectivity index is 2.08. The molecular formula is C14H18N4O2S. The predicted octanol–water partition coefficient (Wildman–Crippen LogP) is 3.45. The van der Waals surface area contributed by atoms with Crippen molar-refractivity contribution in [1.82, 2.24) is 4.98 Å². The molecule has 0 atom stereocenters. The fraction of sp³-hybridized carbons (Fsp3) is 0.357. The van der Waals surface area contributed by atoms with E-state index in [4.69, 9.17) is 0 Å². The van der Waals surface area contributed by atoms with Gasteiger partial charge in [0.15, 0.2) is 0 Å². The zero-order valence-electron chi connectivity index (χ0n) is 12.0. The quantitative estimate of drug-likeness (QED) is 0.605. The number of hydrogen-bond acceptors (Lipinski definition) is 6. The summed E-state index contributed by atoms with van der Waals surface area (Å²) in [5, 5.41) is 20.5. The molecule has 6 nitrogen and oxygen atoms in total. The molecule has 7 heteroatoms. The molecule has 0 bridgehead atoms. The van der Waals surface area contributed by atoms with Gasteiger partial charge in [0.2, 0.25) is 0 Å². The first-order valence-corrected chi connectivity index (χ1v) is 7.66. The van der Waals surface area contributed by atoms with Gasteiger partial charge < -0.3 is 10.6 Å². The van der Waals surface area contributed by atoms with E-state index in [1.54, 1.807) is 29.5 Å². The van der Waals surface area contributed by atoms with Gasteiger partial charge in [-0.15, -0.1) is 11.3 Å². The molecule has 1 heterocycles. The summed E-state index contributed by atoms with van der Waals surface area (Å²) in [4.78, 5) is 15.3. The van der Waals surface area contributed by atoms with E-state index in [2.05, 4.69) is 15.6 Å². The van der Waals surface area contributed by atoms with Gasteiger partial charge in [0.05, 0.1) is 9.93 Å².